The number of halogens is 1. The number of amides is 1. The van der Waals surface area contributed by atoms with E-state index in [-0.39, 0.29) is 29.9 Å². The minimum absolute atomic E-state index is 0. The number of rotatable bonds is 5. The van der Waals surface area contributed by atoms with Gasteiger partial charge in [0.25, 0.3) is 0 Å². The first kappa shape index (κ1) is 20.0. The van der Waals surface area contributed by atoms with Gasteiger partial charge in [0, 0.05) is 32.6 Å². The Bertz CT molecular complexity index is 592. The number of likely N-dealkylation sites (tertiary alicyclic amines) is 1. The van der Waals surface area contributed by atoms with Crippen LogP contribution in [0.4, 0.5) is 0 Å². The minimum Gasteiger partial charge on any atom is -0.370 e. The van der Waals surface area contributed by atoms with Crippen LogP contribution in [0.15, 0.2) is 35.3 Å². The molecule has 138 valence electrons. The van der Waals surface area contributed by atoms with Crippen LogP contribution in [0.3, 0.4) is 0 Å². The van der Waals surface area contributed by atoms with Crippen molar-refractivity contribution in [3.05, 3.63) is 35.9 Å². The Kier molecular flexibility index (Phi) is 7.53. The van der Waals surface area contributed by atoms with Gasteiger partial charge in [0.05, 0.1) is 0 Å². The van der Waals surface area contributed by atoms with Gasteiger partial charge in [0.15, 0.2) is 5.96 Å². The van der Waals surface area contributed by atoms with Gasteiger partial charge in [0.1, 0.15) is 0 Å². The van der Waals surface area contributed by atoms with Crippen molar-refractivity contribution in [2.24, 2.45) is 22.6 Å². The van der Waals surface area contributed by atoms with Crippen molar-refractivity contribution in [1.82, 2.24) is 10.2 Å². The van der Waals surface area contributed by atoms with Crippen molar-refractivity contribution in [1.29, 1.82) is 0 Å². The van der Waals surface area contributed by atoms with Crippen LogP contribution in [-0.4, -0.2) is 42.9 Å². The highest BCUT2D eigenvalue weighted by Gasteiger charge is 2.38. The molecular formula is C19H29IN4O. The summed E-state index contributed by atoms with van der Waals surface area (Å²) in [6.45, 7) is 1.88. The molecule has 3 unspecified atom stereocenters. The topological polar surface area (TPSA) is 70.7 Å². The van der Waals surface area contributed by atoms with Crippen molar-refractivity contribution in [3.8, 4) is 0 Å². The molecule has 25 heavy (non-hydrogen) atoms. The third-order valence-corrected chi connectivity index (χ3v) is 5.10. The number of guanidine groups is 1. The number of nitrogens with two attached hydrogens (primary N) is 1. The van der Waals surface area contributed by atoms with Crippen LogP contribution in [0, 0.1) is 11.8 Å². The Morgan fingerprint density at radius 2 is 2.12 bits per heavy atom. The van der Waals surface area contributed by atoms with Crippen molar-refractivity contribution in [2.75, 3.05) is 20.1 Å². The van der Waals surface area contributed by atoms with Crippen LogP contribution in [0.1, 0.15) is 31.2 Å². The third kappa shape index (κ3) is 5.87. The molecule has 0 radical (unpaired) electrons. The van der Waals surface area contributed by atoms with E-state index in [9.17, 15) is 4.79 Å². The number of aliphatic imine (C=N–C) groups is 1. The number of carbonyl (C=O) groups excluding carboxylic acids is 1. The number of carbonyl (C=O) groups is 1. The lowest BCUT2D eigenvalue weighted by molar-refractivity contribution is -0.119. The quantitative estimate of drug-likeness (QED) is 0.406. The summed E-state index contributed by atoms with van der Waals surface area (Å²) in [4.78, 5) is 17.9. The molecule has 5 nitrogen and oxygen atoms in total. The molecule has 3 N–H and O–H groups in total. The van der Waals surface area contributed by atoms with E-state index in [1.807, 2.05) is 7.05 Å². The predicted molar refractivity (Wildman–Crippen MR) is 112 cm³/mol. The Balaban J connectivity index is 0.00000225. The molecule has 1 aromatic carbocycles. The highest BCUT2D eigenvalue weighted by atomic mass is 127. The van der Waals surface area contributed by atoms with Crippen molar-refractivity contribution in [3.63, 3.8) is 0 Å². The van der Waals surface area contributed by atoms with Gasteiger partial charge in [-0.05, 0) is 43.1 Å². The van der Waals surface area contributed by atoms with Crippen molar-refractivity contribution >= 4 is 35.8 Å². The van der Waals surface area contributed by atoms with Gasteiger partial charge in [-0.1, -0.05) is 30.3 Å². The van der Waals surface area contributed by atoms with Crippen LogP contribution >= 0.6 is 24.0 Å². The second-order valence-corrected chi connectivity index (χ2v) is 7.11. The van der Waals surface area contributed by atoms with Crippen LogP contribution in [0.5, 0.6) is 0 Å². The Morgan fingerprint density at radius 1 is 1.36 bits per heavy atom. The average Bonchev–Trinajstić information content (AvgIpc) is 3.30. The number of hydrogen-bond donors (Lipinski definition) is 2. The van der Waals surface area contributed by atoms with Crippen LogP contribution in [0.25, 0.3) is 0 Å². The molecule has 1 heterocycles. The summed E-state index contributed by atoms with van der Waals surface area (Å²) in [5.74, 6) is 1.82. The molecule has 1 aliphatic heterocycles. The van der Waals surface area contributed by atoms with E-state index in [0.29, 0.717) is 24.3 Å². The minimum atomic E-state index is -0.199. The fraction of sp³-hybridized carbons (Fsp3) is 0.579. The molecule has 3 rings (SSSR count). The molecule has 0 spiro atoms. The maximum atomic E-state index is 11.2. The van der Waals surface area contributed by atoms with E-state index >= 15 is 0 Å². The molecule has 2 aliphatic rings. The summed E-state index contributed by atoms with van der Waals surface area (Å²) in [5.41, 5.74) is 6.76. The summed E-state index contributed by atoms with van der Waals surface area (Å²) in [6, 6.07) is 11.2. The summed E-state index contributed by atoms with van der Waals surface area (Å²) in [5, 5.41) is 3.61. The predicted octanol–water partition coefficient (Wildman–Crippen LogP) is 2.40. The van der Waals surface area contributed by atoms with Crippen molar-refractivity contribution < 1.29 is 4.79 Å². The van der Waals surface area contributed by atoms with E-state index in [2.05, 4.69) is 45.5 Å². The summed E-state index contributed by atoms with van der Waals surface area (Å²) >= 11 is 0. The van der Waals surface area contributed by atoms with Crippen LogP contribution < -0.4 is 11.1 Å². The molecule has 2 fully saturated rings. The maximum Gasteiger partial charge on any atom is 0.217 e. The third-order valence-electron chi connectivity index (χ3n) is 5.10. The standard InChI is InChI=1S/C19H28N4O.HI/c1-21-19(23-9-5-8-15(13-23)11-18(20)24)22-17-12-16(17)10-14-6-3-2-4-7-14;/h2-4,6-7,15-17H,5,8-13H2,1H3,(H2,20,24)(H,21,22);1H. The molecule has 1 saturated heterocycles. The fourth-order valence-electron chi connectivity index (χ4n) is 3.74. The number of benzene rings is 1. The molecule has 0 bridgehead atoms. The molecule has 1 saturated carbocycles. The molecular weight excluding hydrogens is 427 g/mol. The van der Waals surface area contributed by atoms with E-state index in [1.54, 1.807) is 0 Å². The zero-order valence-corrected chi connectivity index (χ0v) is 17.2. The summed E-state index contributed by atoms with van der Waals surface area (Å²) < 4.78 is 0. The Labute approximate surface area is 167 Å². The van der Waals surface area contributed by atoms with Crippen LogP contribution in [-0.2, 0) is 11.2 Å². The fourth-order valence-corrected chi connectivity index (χ4v) is 3.74. The number of nitrogens with one attached hydrogen (secondary N) is 1. The smallest absolute Gasteiger partial charge is 0.217 e. The first-order chi connectivity index (χ1) is 11.7. The lowest BCUT2D eigenvalue weighted by Crippen LogP contribution is -2.48. The van der Waals surface area contributed by atoms with Gasteiger partial charge < -0.3 is 16.0 Å². The van der Waals surface area contributed by atoms with Gasteiger partial charge in [-0.2, -0.15) is 0 Å². The average molecular weight is 456 g/mol. The zero-order valence-electron chi connectivity index (χ0n) is 14.9. The van der Waals surface area contributed by atoms with E-state index in [1.165, 1.54) is 12.0 Å². The van der Waals surface area contributed by atoms with E-state index < -0.39 is 0 Å². The maximum absolute atomic E-state index is 11.2. The lowest BCUT2D eigenvalue weighted by Gasteiger charge is -2.34. The molecule has 0 aromatic heterocycles. The molecule has 3 atom stereocenters. The van der Waals surface area contributed by atoms with Crippen LogP contribution in [0.2, 0.25) is 0 Å². The SMILES string of the molecule is CN=C(NC1CC1Cc1ccccc1)N1CCCC(CC(N)=O)C1.I. The van der Waals surface area contributed by atoms with Gasteiger partial charge in [-0.25, -0.2) is 0 Å². The number of nitrogens with zero attached hydrogens (tertiary/aromatic N) is 2. The van der Waals surface area contributed by atoms with E-state index in [4.69, 9.17) is 5.73 Å². The normalized spacial score (nSPS) is 25.9. The number of primary amides is 1. The molecule has 1 aromatic rings. The monoisotopic (exact) mass is 456 g/mol. The second kappa shape index (κ2) is 9.40. The number of hydrogen-bond acceptors (Lipinski definition) is 2. The number of piperidine rings is 1. The van der Waals surface area contributed by atoms with Gasteiger partial charge in [-0.3, -0.25) is 9.79 Å². The molecule has 1 aliphatic carbocycles. The van der Waals surface area contributed by atoms with Gasteiger partial charge in [0.2, 0.25) is 5.91 Å². The Hall–Kier alpha value is -1.31. The summed E-state index contributed by atoms with van der Waals surface area (Å²) in [7, 11) is 1.84. The molecule has 6 heteroatoms. The van der Waals surface area contributed by atoms with E-state index in [0.717, 1.165) is 38.3 Å². The summed E-state index contributed by atoms with van der Waals surface area (Å²) in [6.07, 6.45) is 4.98. The first-order valence-corrected chi connectivity index (χ1v) is 8.96. The van der Waals surface area contributed by atoms with Gasteiger partial charge >= 0.3 is 0 Å². The van der Waals surface area contributed by atoms with Gasteiger partial charge in [-0.15, -0.1) is 24.0 Å². The zero-order chi connectivity index (χ0) is 16.9. The largest absolute Gasteiger partial charge is 0.370 e. The second-order valence-electron chi connectivity index (χ2n) is 7.11. The van der Waals surface area contributed by atoms with Crippen molar-refractivity contribution in [2.45, 2.75) is 38.1 Å². The highest BCUT2D eigenvalue weighted by Crippen LogP contribution is 2.34. The Morgan fingerprint density at radius 3 is 2.80 bits per heavy atom. The first-order valence-electron chi connectivity index (χ1n) is 8.96. The lowest BCUT2D eigenvalue weighted by atomic mass is 9.95. The molecule has 1 amide bonds. The highest BCUT2D eigenvalue weighted by molar-refractivity contribution is 14.0.